The van der Waals surface area contributed by atoms with Gasteiger partial charge in [0.2, 0.25) is 0 Å². The second kappa shape index (κ2) is 7.11. The van der Waals surface area contributed by atoms with Gasteiger partial charge in [0, 0.05) is 51.9 Å². The number of amides is 1. The largest absolute Gasteiger partial charge is 0.494 e. The Hall–Kier alpha value is -1.59. The lowest BCUT2D eigenvalue weighted by molar-refractivity contribution is 0.0781. The number of hydrogen-bond acceptors (Lipinski definition) is 4. The van der Waals surface area contributed by atoms with E-state index < -0.39 is 0 Å². The maximum absolute atomic E-state index is 12.5. The minimum Gasteiger partial charge on any atom is -0.494 e. The summed E-state index contributed by atoms with van der Waals surface area (Å²) in [6, 6.07) is 7.47. The zero-order chi connectivity index (χ0) is 15.4. The van der Waals surface area contributed by atoms with E-state index in [1.165, 1.54) is 0 Å². The number of likely N-dealkylation sites (tertiary alicyclic amines) is 1. The molecule has 5 nitrogen and oxygen atoms in total. The molecule has 0 bridgehead atoms. The standard InChI is InChI=1S/C17H24N2O3/c1-21-7-2-8-22-16-5-3-13(4-6-16)17(20)19-11-14-9-18-10-15(14)12-19/h3-6,14-15,18H,2,7-12H2,1H3/t14-,15+. The Labute approximate surface area is 131 Å². The average Bonchev–Trinajstić information content (AvgIpc) is 3.13. The van der Waals surface area contributed by atoms with Crippen molar-refractivity contribution in [3.63, 3.8) is 0 Å². The van der Waals surface area contributed by atoms with Crippen LogP contribution in [0.25, 0.3) is 0 Å². The van der Waals surface area contributed by atoms with Gasteiger partial charge in [0.05, 0.1) is 6.61 Å². The van der Waals surface area contributed by atoms with Crippen molar-refractivity contribution in [3.8, 4) is 5.75 Å². The number of methoxy groups -OCH3 is 1. The fourth-order valence-electron chi connectivity index (χ4n) is 3.29. The van der Waals surface area contributed by atoms with Gasteiger partial charge in [0.1, 0.15) is 5.75 Å². The Balaban J connectivity index is 1.53. The van der Waals surface area contributed by atoms with E-state index in [1.807, 2.05) is 29.2 Å². The molecule has 2 saturated heterocycles. The first-order valence-electron chi connectivity index (χ1n) is 7.99. The van der Waals surface area contributed by atoms with Crippen molar-refractivity contribution in [1.29, 1.82) is 0 Å². The number of nitrogens with one attached hydrogen (secondary N) is 1. The van der Waals surface area contributed by atoms with E-state index in [4.69, 9.17) is 9.47 Å². The Bertz CT molecular complexity index is 491. The van der Waals surface area contributed by atoms with Gasteiger partial charge in [-0.2, -0.15) is 0 Å². The third-order valence-corrected chi connectivity index (χ3v) is 4.54. The van der Waals surface area contributed by atoms with E-state index in [9.17, 15) is 4.79 Å². The molecule has 0 aliphatic carbocycles. The first-order valence-corrected chi connectivity index (χ1v) is 7.99. The topological polar surface area (TPSA) is 50.8 Å². The Morgan fingerprint density at radius 1 is 1.18 bits per heavy atom. The van der Waals surface area contributed by atoms with Gasteiger partial charge in [0.15, 0.2) is 0 Å². The van der Waals surface area contributed by atoms with Gasteiger partial charge < -0.3 is 19.7 Å². The quantitative estimate of drug-likeness (QED) is 0.807. The van der Waals surface area contributed by atoms with E-state index in [0.717, 1.165) is 43.9 Å². The molecule has 1 aromatic rings. The predicted molar refractivity (Wildman–Crippen MR) is 84.2 cm³/mol. The van der Waals surface area contributed by atoms with Crippen LogP contribution in [-0.4, -0.2) is 57.3 Å². The smallest absolute Gasteiger partial charge is 0.253 e. The van der Waals surface area contributed by atoms with Gasteiger partial charge >= 0.3 is 0 Å². The van der Waals surface area contributed by atoms with Gasteiger partial charge in [-0.3, -0.25) is 4.79 Å². The van der Waals surface area contributed by atoms with Crippen molar-refractivity contribution in [2.45, 2.75) is 6.42 Å². The molecular formula is C17H24N2O3. The zero-order valence-corrected chi connectivity index (χ0v) is 13.1. The van der Waals surface area contributed by atoms with Crippen LogP contribution in [-0.2, 0) is 4.74 Å². The number of hydrogen-bond donors (Lipinski definition) is 1. The molecule has 2 aliphatic rings. The summed E-state index contributed by atoms with van der Waals surface area (Å²) < 4.78 is 10.6. The molecule has 2 fully saturated rings. The number of benzene rings is 1. The number of rotatable bonds is 6. The second-order valence-electron chi connectivity index (χ2n) is 6.11. The Morgan fingerprint density at radius 2 is 1.86 bits per heavy atom. The predicted octanol–water partition coefficient (Wildman–Crippen LogP) is 1.39. The Kier molecular flexibility index (Phi) is 4.95. The normalized spacial score (nSPS) is 23.6. The maximum atomic E-state index is 12.5. The summed E-state index contributed by atoms with van der Waals surface area (Å²) in [4.78, 5) is 14.5. The molecule has 0 saturated carbocycles. The van der Waals surface area contributed by atoms with Gasteiger partial charge in [-0.1, -0.05) is 0 Å². The summed E-state index contributed by atoms with van der Waals surface area (Å²) in [6.07, 6.45) is 0.863. The number of fused-ring (bicyclic) bond motifs is 1. The third kappa shape index (κ3) is 3.42. The lowest BCUT2D eigenvalue weighted by atomic mass is 10.0. The van der Waals surface area contributed by atoms with Crippen molar-refractivity contribution in [3.05, 3.63) is 29.8 Å². The van der Waals surface area contributed by atoms with Crippen molar-refractivity contribution >= 4 is 5.91 Å². The van der Waals surface area contributed by atoms with Crippen LogP contribution in [0.2, 0.25) is 0 Å². The van der Waals surface area contributed by atoms with Crippen molar-refractivity contribution in [1.82, 2.24) is 10.2 Å². The molecular weight excluding hydrogens is 280 g/mol. The van der Waals surface area contributed by atoms with Crippen molar-refractivity contribution < 1.29 is 14.3 Å². The molecule has 22 heavy (non-hydrogen) atoms. The van der Waals surface area contributed by atoms with Crippen LogP contribution in [0, 0.1) is 11.8 Å². The number of nitrogens with zero attached hydrogens (tertiary/aromatic N) is 1. The molecule has 1 N–H and O–H groups in total. The lowest BCUT2D eigenvalue weighted by Crippen LogP contribution is -2.31. The number of ether oxygens (including phenoxy) is 2. The minimum atomic E-state index is 0.139. The van der Waals surface area contributed by atoms with Crippen LogP contribution >= 0.6 is 0 Å². The molecule has 0 spiro atoms. The molecule has 2 heterocycles. The summed E-state index contributed by atoms with van der Waals surface area (Å²) in [5.41, 5.74) is 0.747. The van der Waals surface area contributed by atoms with Crippen LogP contribution in [0.3, 0.4) is 0 Å². The third-order valence-electron chi connectivity index (χ3n) is 4.54. The highest BCUT2D eigenvalue weighted by Gasteiger charge is 2.38. The van der Waals surface area contributed by atoms with Gasteiger partial charge in [-0.05, 0) is 36.1 Å². The summed E-state index contributed by atoms with van der Waals surface area (Å²) in [5.74, 6) is 2.20. The monoisotopic (exact) mass is 304 g/mol. The minimum absolute atomic E-state index is 0.139. The summed E-state index contributed by atoms with van der Waals surface area (Å²) >= 11 is 0. The molecule has 2 atom stereocenters. The van der Waals surface area contributed by atoms with Gasteiger partial charge in [0.25, 0.3) is 5.91 Å². The number of carbonyl (C=O) groups excluding carboxylic acids is 1. The molecule has 1 aromatic carbocycles. The first kappa shape index (κ1) is 15.3. The molecule has 0 aromatic heterocycles. The van der Waals surface area contributed by atoms with E-state index >= 15 is 0 Å². The zero-order valence-electron chi connectivity index (χ0n) is 13.1. The molecule has 2 aliphatic heterocycles. The van der Waals surface area contributed by atoms with Crippen LogP contribution in [0.15, 0.2) is 24.3 Å². The van der Waals surface area contributed by atoms with E-state index in [-0.39, 0.29) is 5.91 Å². The van der Waals surface area contributed by atoms with Crippen LogP contribution in [0.1, 0.15) is 16.8 Å². The SMILES string of the molecule is COCCCOc1ccc(C(=O)N2C[C@H]3CNC[C@H]3C2)cc1. The van der Waals surface area contributed by atoms with Gasteiger partial charge in [-0.15, -0.1) is 0 Å². The highest BCUT2D eigenvalue weighted by molar-refractivity contribution is 5.94. The van der Waals surface area contributed by atoms with Crippen LogP contribution in [0.4, 0.5) is 0 Å². The summed E-state index contributed by atoms with van der Waals surface area (Å²) in [5, 5.41) is 3.40. The van der Waals surface area contributed by atoms with E-state index in [2.05, 4.69) is 5.32 Å². The molecule has 0 unspecified atom stereocenters. The van der Waals surface area contributed by atoms with Crippen LogP contribution < -0.4 is 10.1 Å². The van der Waals surface area contributed by atoms with Crippen molar-refractivity contribution in [2.24, 2.45) is 11.8 Å². The van der Waals surface area contributed by atoms with E-state index in [0.29, 0.717) is 25.0 Å². The highest BCUT2D eigenvalue weighted by atomic mass is 16.5. The Morgan fingerprint density at radius 3 is 2.50 bits per heavy atom. The van der Waals surface area contributed by atoms with Crippen molar-refractivity contribution in [2.75, 3.05) is 46.5 Å². The fourth-order valence-corrected chi connectivity index (χ4v) is 3.29. The van der Waals surface area contributed by atoms with Gasteiger partial charge in [-0.25, -0.2) is 0 Å². The maximum Gasteiger partial charge on any atom is 0.253 e. The second-order valence-corrected chi connectivity index (χ2v) is 6.11. The summed E-state index contributed by atoms with van der Waals surface area (Å²) in [7, 11) is 1.68. The van der Waals surface area contributed by atoms with E-state index in [1.54, 1.807) is 7.11 Å². The highest BCUT2D eigenvalue weighted by Crippen LogP contribution is 2.27. The molecule has 120 valence electrons. The molecule has 3 rings (SSSR count). The molecule has 0 radical (unpaired) electrons. The fraction of sp³-hybridized carbons (Fsp3) is 0.588. The van der Waals surface area contributed by atoms with Crippen LogP contribution in [0.5, 0.6) is 5.75 Å². The molecule has 1 amide bonds. The first-order chi connectivity index (χ1) is 10.8. The average molecular weight is 304 g/mol. The summed E-state index contributed by atoms with van der Waals surface area (Å²) in [6.45, 7) is 5.18. The molecule has 5 heteroatoms. The lowest BCUT2D eigenvalue weighted by Gasteiger charge is -2.17. The number of carbonyl (C=O) groups is 1.